The lowest BCUT2D eigenvalue weighted by atomic mass is 10.0. The molecule has 0 bridgehead atoms. The molecule has 1 aromatic carbocycles. The summed E-state index contributed by atoms with van der Waals surface area (Å²) in [6.45, 7) is 8.18. The van der Waals surface area contributed by atoms with Crippen molar-refractivity contribution in [1.29, 1.82) is 0 Å². The van der Waals surface area contributed by atoms with Gasteiger partial charge < -0.3 is 4.74 Å². The van der Waals surface area contributed by atoms with Crippen molar-refractivity contribution in [3.8, 4) is 5.75 Å². The molecule has 0 saturated carbocycles. The molecule has 81 valence electrons. The van der Waals surface area contributed by atoms with Crippen LogP contribution in [0.1, 0.15) is 30.5 Å². The molecule has 0 heterocycles. The summed E-state index contributed by atoms with van der Waals surface area (Å²) >= 11 is 5.87. The molecule has 0 saturated heterocycles. The Kier molecular flexibility index (Phi) is 4.23. The minimum atomic E-state index is 0.181. The van der Waals surface area contributed by atoms with Gasteiger partial charge in [-0.2, -0.15) is 0 Å². The van der Waals surface area contributed by atoms with Crippen LogP contribution in [0, 0.1) is 13.8 Å². The van der Waals surface area contributed by atoms with Crippen molar-refractivity contribution in [2.24, 2.45) is 0 Å². The maximum Gasteiger partial charge on any atom is 0.121 e. The lowest BCUT2D eigenvalue weighted by molar-refractivity contribution is 0.242. The van der Waals surface area contributed by atoms with Gasteiger partial charge in [0.2, 0.25) is 0 Å². The lowest BCUT2D eigenvalue weighted by Crippen LogP contribution is -2.17. The molecule has 0 amide bonds. The number of alkyl halides is 1. The minimum Gasteiger partial charge on any atom is -0.491 e. The van der Waals surface area contributed by atoms with Crippen LogP contribution >= 0.6 is 11.6 Å². The molecule has 3 heteroatoms. The Morgan fingerprint density at radius 2 is 1.93 bits per heavy atom. The molecule has 1 nitrogen and oxygen atoms in total. The van der Waals surface area contributed by atoms with Gasteiger partial charge >= 0.3 is 0 Å². The van der Waals surface area contributed by atoms with Gasteiger partial charge in [-0.05, 0) is 49.6 Å². The van der Waals surface area contributed by atoms with Crippen LogP contribution in [0.25, 0.3) is 0 Å². The van der Waals surface area contributed by atoms with E-state index in [-0.39, 0.29) is 6.10 Å². The fourth-order valence-corrected chi connectivity index (χ4v) is 2.19. The van der Waals surface area contributed by atoms with Crippen LogP contribution in [0.4, 0.5) is 0 Å². The van der Waals surface area contributed by atoms with Crippen molar-refractivity contribution in [3.63, 3.8) is 0 Å². The predicted octanol–water partition coefficient (Wildman–Crippen LogP) is 2.62. The second-order valence-electron chi connectivity index (χ2n) is 3.96. The molecule has 0 N–H and O–H groups in total. The predicted molar refractivity (Wildman–Crippen MR) is 66.6 cm³/mol. The highest BCUT2D eigenvalue weighted by Gasteiger charge is 2.11. The number of rotatable bonds is 3. The summed E-state index contributed by atoms with van der Waals surface area (Å²) in [4.78, 5) is 0. The molecule has 0 atom stereocenters. The number of hydrogen-bond donors (Lipinski definition) is 0. The molecular weight excluding hydrogens is 224 g/mol. The normalized spacial score (nSPS) is 10.9. The summed E-state index contributed by atoms with van der Waals surface area (Å²) in [6.07, 6.45) is 0.181. The average molecular weight is 240 g/mol. The average Bonchev–Trinajstić information content (AvgIpc) is 2.18. The first-order valence-corrected chi connectivity index (χ1v) is 6.08. The van der Waals surface area contributed by atoms with E-state index in [1.54, 1.807) is 0 Å². The Balaban J connectivity index is 3.23. The van der Waals surface area contributed by atoms with Crippen molar-refractivity contribution in [3.05, 3.63) is 22.8 Å². The Labute approximate surface area is 100 Å². The van der Waals surface area contributed by atoms with Crippen LogP contribution in [-0.4, -0.2) is 16.3 Å². The molecule has 0 aliphatic rings. The van der Waals surface area contributed by atoms with Gasteiger partial charge in [0.1, 0.15) is 5.75 Å². The van der Waals surface area contributed by atoms with Gasteiger partial charge in [-0.1, -0.05) is 6.07 Å². The molecular formula is C12H16ClOSi. The van der Waals surface area contributed by atoms with Gasteiger partial charge in [0.25, 0.3) is 0 Å². The summed E-state index contributed by atoms with van der Waals surface area (Å²) in [5.74, 6) is 1.46. The highest BCUT2D eigenvalue weighted by atomic mass is 35.5. The molecule has 0 aliphatic carbocycles. The standard InChI is InChI=1S/C12H16ClOSi/c1-7(2)14-12-9(4)8(3)10(6-13)5-11(12)15/h5,7H,6H2,1-4H3. The maximum absolute atomic E-state index is 5.87. The first-order chi connectivity index (χ1) is 6.97. The Hall–Kier alpha value is -0.473. The summed E-state index contributed by atoms with van der Waals surface area (Å²) in [5, 5.41) is 0.974. The summed E-state index contributed by atoms with van der Waals surface area (Å²) in [7, 11) is 3.57. The zero-order chi connectivity index (χ0) is 11.6. The van der Waals surface area contributed by atoms with Gasteiger partial charge in [0, 0.05) is 5.88 Å². The van der Waals surface area contributed by atoms with Crippen LogP contribution < -0.4 is 9.92 Å². The van der Waals surface area contributed by atoms with Gasteiger partial charge in [0.15, 0.2) is 0 Å². The second-order valence-corrected chi connectivity index (χ2v) is 4.77. The van der Waals surface area contributed by atoms with E-state index in [9.17, 15) is 0 Å². The van der Waals surface area contributed by atoms with Crippen LogP contribution in [0.15, 0.2) is 6.07 Å². The van der Waals surface area contributed by atoms with Crippen LogP contribution in [0.3, 0.4) is 0 Å². The molecule has 1 aromatic rings. The quantitative estimate of drug-likeness (QED) is 0.582. The molecule has 0 spiro atoms. The lowest BCUT2D eigenvalue weighted by Gasteiger charge is -2.18. The Morgan fingerprint density at radius 3 is 2.40 bits per heavy atom. The fourth-order valence-electron chi connectivity index (χ4n) is 1.49. The van der Waals surface area contributed by atoms with E-state index in [1.165, 1.54) is 5.56 Å². The van der Waals surface area contributed by atoms with E-state index in [0.29, 0.717) is 5.88 Å². The number of benzene rings is 1. The number of ether oxygens (including phenoxy) is 1. The SMILES string of the molecule is Cc1c(CCl)cc([Si])c(OC(C)C)c1C. The van der Waals surface area contributed by atoms with Crippen molar-refractivity contribution >= 4 is 27.0 Å². The Bertz CT molecular complexity index is 361. The van der Waals surface area contributed by atoms with Crippen LogP contribution in [0.2, 0.25) is 0 Å². The van der Waals surface area contributed by atoms with E-state index in [2.05, 4.69) is 24.1 Å². The third-order valence-electron chi connectivity index (χ3n) is 2.45. The third-order valence-corrected chi connectivity index (χ3v) is 3.10. The maximum atomic E-state index is 5.87. The van der Waals surface area contributed by atoms with Gasteiger partial charge in [-0.3, -0.25) is 0 Å². The zero-order valence-corrected chi connectivity index (χ0v) is 11.4. The van der Waals surface area contributed by atoms with E-state index < -0.39 is 0 Å². The highest BCUT2D eigenvalue weighted by Crippen LogP contribution is 2.23. The zero-order valence-electron chi connectivity index (χ0n) is 9.65. The van der Waals surface area contributed by atoms with E-state index in [1.807, 2.05) is 19.9 Å². The van der Waals surface area contributed by atoms with Crippen LogP contribution in [0.5, 0.6) is 5.75 Å². The van der Waals surface area contributed by atoms with Crippen molar-refractivity contribution in [2.45, 2.75) is 39.7 Å². The van der Waals surface area contributed by atoms with Gasteiger partial charge in [-0.15, -0.1) is 11.6 Å². The van der Waals surface area contributed by atoms with E-state index in [0.717, 1.165) is 22.1 Å². The van der Waals surface area contributed by atoms with Gasteiger partial charge in [-0.25, -0.2) is 0 Å². The summed E-state index contributed by atoms with van der Waals surface area (Å²) in [6, 6.07) is 2.03. The van der Waals surface area contributed by atoms with Crippen molar-refractivity contribution in [2.75, 3.05) is 0 Å². The molecule has 0 fully saturated rings. The molecule has 1 rings (SSSR count). The topological polar surface area (TPSA) is 9.23 Å². The molecule has 0 unspecified atom stereocenters. The molecule has 15 heavy (non-hydrogen) atoms. The van der Waals surface area contributed by atoms with Gasteiger partial charge in [0.05, 0.1) is 16.3 Å². The van der Waals surface area contributed by atoms with Crippen LogP contribution in [-0.2, 0) is 5.88 Å². The third kappa shape index (κ3) is 2.76. The van der Waals surface area contributed by atoms with E-state index in [4.69, 9.17) is 16.3 Å². The van der Waals surface area contributed by atoms with Crippen molar-refractivity contribution in [1.82, 2.24) is 0 Å². The first-order valence-electron chi connectivity index (χ1n) is 5.04. The Morgan fingerprint density at radius 1 is 1.33 bits per heavy atom. The monoisotopic (exact) mass is 239 g/mol. The fraction of sp³-hybridized carbons (Fsp3) is 0.500. The molecule has 0 aromatic heterocycles. The number of halogens is 1. The molecule has 0 aliphatic heterocycles. The number of hydrogen-bond acceptors (Lipinski definition) is 1. The van der Waals surface area contributed by atoms with Crippen molar-refractivity contribution < 1.29 is 4.74 Å². The largest absolute Gasteiger partial charge is 0.491 e. The van der Waals surface area contributed by atoms with E-state index >= 15 is 0 Å². The minimum absolute atomic E-state index is 0.181. The second kappa shape index (κ2) is 5.04. The highest BCUT2D eigenvalue weighted by molar-refractivity contribution is 6.34. The summed E-state index contributed by atoms with van der Waals surface area (Å²) < 4.78 is 5.76. The summed E-state index contributed by atoms with van der Waals surface area (Å²) in [5.41, 5.74) is 3.52. The first kappa shape index (κ1) is 12.6. The smallest absolute Gasteiger partial charge is 0.121 e. The molecule has 3 radical (unpaired) electrons.